The van der Waals surface area contributed by atoms with Crippen LogP contribution < -0.4 is 10.0 Å². The molecule has 0 atom stereocenters. The molecule has 2 aromatic carbocycles. The molecule has 0 saturated carbocycles. The third kappa shape index (κ3) is 7.64. The molecular formula is C25H36N4O3S. The first-order valence-corrected chi connectivity index (χ1v) is 12.9. The number of nitrogens with zero attached hydrogens (tertiary/aromatic N) is 2. The zero-order valence-corrected chi connectivity index (χ0v) is 20.9. The maximum absolute atomic E-state index is 12.5. The lowest BCUT2D eigenvalue weighted by Gasteiger charge is -2.32. The van der Waals surface area contributed by atoms with Crippen molar-refractivity contribution in [1.29, 1.82) is 0 Å². The minimum absolute atomic E-state index is 0.0384. The predicted octanol–water partition coefficient (Wildman–Crippen LogP) is 3.04. The molecule has 0 bridgehead atoms. The van der Waals surface area contributed by atoms with Crippen LogP contribution in [0.4, 0.5) is 5.69 Å². The summed E-state index contributed by atoms with van der Waals surface area (Å²) >= 11 is 0. The Morgan fingerprint density at radius 1 is 0.939 bits per heavy atom. The zero-order valence-electron chi connectivity index (χ0n) is 20.1. The molecule has 1 fully saturated rings. The van der Waals surface area contributed by atoms with Gasteiger partial charge < -0.3 is 10.2 Å². The van der Waals surface area contributed by atoms with E-state index in [1.165, 1.54) is 5.56 Å². The molecule has 2 N–H and O–H groups in total. The Bertz CT molecular complexity index is 1020. The highest BCUT2D eigenvalue weighted by Crippen LogP contribution is 2.23. The molecule has 1 amide bonds. The van der Waals surface area contributed by atoms with Crippen LogP contribution in [0.2, 0.25) is 0 Å². The van der Waals surface area contributed by atoms with Crippen LogP contribution in [0.15, 0.2) is 53.4 Å². The van der Waals surface area contributed by atoms with Gasteiger partial charge in [0.25, 0.3) is 0 Å². The lowest BCUT2D eigenvalue weighted by molar-refractivity contribution is -0.116. The van der Waals surface area contributed by atoms with E-state index in [4.69, 9.17) is 0 Å². The highest BCUT2D eigenvalue weighted by molar-refractivity contribution is 7.89. The highest BCUT2D eigenvalue weighted by Gasteiger charge is 2.18. The van der Waals surface area contributed by atoms with Gasteiger partial charge >= 0.3 is 0 Å². The van der Waals surface area contributed by atoms with Crippen molar-refractivity contribution in [2.24, 2.45) is 0 Å². The largest absolute Gasteiger partial charge is 0.326 e. The van der Waals surface area contributed by atoms with Crippen molar-refractivity contribution < 1.29 is 13.2 Å². The Labute approximate surface area is 198 Å². The van der Waals surface area contributed by atoms with Gasteiger partial charge in [-0.25, -0.2) is 13.1 Å². The molecule has 7 nitrogen and oxygen atoms in total. The van der Waals surface area contributed by atoms with Gasteiger partial charge in [-0.05, 0) is 47.9 Å². The van der Waals surface area contributed by atoms with Crippen LogP contribution in [-0.2, 0) is 26.8 Å². The van der Waals surface area contributed by atoms with Gasteiger partial charge in [0.15, 0.2) is 0 Å². The summed E-state index contributed by atoms with van der Waals surface area (Å²) in [5.74, 6) is -0.229. The number of hydrogen-bond donors (Lipinski definition) is 2. The van der Waals surface area contributed by atoms with E-state index >= 15 is 0 Å². The van der Waals surface area contributed by atoms with Gasteiger partial charge in [-0.1, -0.05) is 45.0 Å². The normalized spacial score (nSPS) is 16.0. The SMILES string of the molecule is CN1CCN(Cc2ccc(NC(=O)CCNS(=O)(=O)c3ccc(C(C)(C)C)cc3)cc2)CC1. The molecule has 0 aromatic heterocycles. The van der Waals surface area contributed by atoms with Crippen LogP contribution in [-0.4, -0.2) is 63.9 Å². The first kappa shape index (κ1) is 25.4. The average Bonchev–Trinajstić information content (AvgIpc) is 2.76. The Balaban J connectivity index is 1.44. The summed E-state index contributed by atoms with van der Waals surface area (Å²) in [5.41, 5.74) is 2.94. The third-order valence-corrected chi connectivity index (χ3v) is 7.39. The monoisotopic (exact) mass is 472 g/mol. The second kappa shape index (κ2) is 10.8. The summed E-state index contributed by atoms with van der Waals surface area (Å²) < 4.78 is 27.5. The Kier molecular flexibility index (Phi) is 8.28. The molecule has 8 heteroatoms. The lowest BCUT2D eigenvalue weighted by atomic mass is 9.87. The van der Waals surface area contributed by atoms with E-state index in [2.05, 4.69) is 47.7 Å². The molecule has 3 rings (SSSR count). The maximum Gasteiger partial charge on any atom is 0.240 e. The van der Waals surface area contributed by atoms with Gasteiger partial charge in [0.1, 0.15) is 0 Å². The van der Waals surface area contributed by atoms with Crippen molar-refractivity contribution >= 4 is 21.6 Å². The predicted molar refractivity (Wildman–Crippen MR) is 133 cm³/mol. The van der Waals surface area contributed by atoms with Crippen LogP contribution >= 0.6 is 0 Å². The van der Waals surface area contributed by atoms with Gasteiger partial charge in [0.2, 0.25) is 15.9 Å². The van der Waals surface area contributed by atoms with Crippen LogP contribution in [0.1, 0.15) is 38.3 Å². The van der Waals surface area contributed by atoms with Crippen molar-refractivity contribution in [2.45, 2.75) is 44.0 Å². The van der Waals surface area contributed by atoms with Crippen LogP contribution in [0.25, 0.3) is 0 Å². The number of carbonyl (C=O) groups is 1. The molecule has 1 aliphatic heterocycles. The molecule has 33 heavy (non-hydrogen) atoms. The second-order valence-electron chi connectivity index (χ2n) is 9.75. The number of likely N-dealkylation sites (N-methyl/N-ethyl adjacent to an activating group) is 1. The van der Waals surface area contributed by atoms with E-state index in [1.54, 1.807) is 12.1 Å². The number of benzene rings is 2. The number of amides is 1. The summed E-state index contributed by atoms with van der Waals surface area (Å²) in [6.07, 6.45) is 0.0579. The molecule has 0 aliphatic carbocycles. The number of piperazine rings is 1. The number of carbonyl (C=O) groups excluding carboxylic acids is 1. The van der Waals surface area contributed by atoms with E-state index in [1.807, 2.05) is 36.4 Å². The molecular weight excluding hydrogens is 436 g/mol. The van der Waals surface area contributed by atoms with E-state index in [0.29, 0.717) is 5.69 Å². The molecule has 1 heterocycles. The molecule has 0 unspecified atom stereocenters. The number of hydrogen-bond acceptors (Lipinski definition) is 5. The summed E-state index contributed by atoms with van der Waals surface area (Å²) in [6, 6.07) is 14.7. The standard InChI is InChI=1S/C25H36N4O3S/c1-25(2,3)21-7-11-23(12-8-21)33(31,32)26-14-13-24(30)27-22-9-5-20(6-10-22)19-29-17-15-28(4)16-18-29/h5-12,26H,13-19H2,1-4H3,(H,27,30). The second-order valence-corrected chi connectivity index (χ2v) is 11.5. The van der Waals surface area contributed by atoms with Gasteiger partial charge in [-0.3, -0.25) is 9.69 Å². The number of sulfonamides is 1. The molecule has 1 saturated heterocycles. The van der Waals surface area contributed by atoms with Crippen LogP contribution in [0.3, 0.4) is 0 Å². The Morgan fingerprint density at radius 2 is 1.55 bits per heavy atom. The van der Waals surface area contributed by atoms with Gasteiger partial charge in [0.05, 0.1) is 4.90 Å². The molecule has 0 spiro atoms. The van der Waals surface area contributed by atoms with Crippen molar-refractivity contribution in [3.05, 3.63) is 59.7 Å². The third-order valence-electron chi connectivity index (χ3n) is 5.91. The first-order chi connectivity index (χ1) is 15.5. The number of rotatable bonds is 8. The van der Waals surface area contributed by atoms with Gasteiger partial charge in [-0.15, -0.1) is 0 Å². The van der Waals surface area contributed by atoms with Gasteiger partial charge in [0, 0.05) is 51.4 Å². The van der Waals surface area contributed by atoms with Crippen LogP contribution in [0.5, 0.6) is 0 Å². The minimum Gasteiger partial charge on any atom is -0.326 e. The Hall–Kier alpha value is -2.26. The molecule has 180 valence electrons. The average molecular weight is 473 g/mol. The van der Waals surface area contributed by atoms with Gasteiger partial charge in [-0.2, -0.15) is 0 Å². The van der Waals surface area contributed by atoms with E-state index in [9.17, 15) is 13.2 Å². The maximum atomic E-state index is 12.5. The fraction of sp³-hybridized carbons (Fsp3) is 0.480. The topological polar surface area (TPSA) is 81.8 Å². The van der Waals surface area contributed by atoms with E-state index < -0.39 is 10.0 Å². The van der Waals surface area contributed by atoms with Crippen molar-refractivity contribution in [3.8, 4) is 0 Å². The molecule has 2 aromatic rings. The first-order valence-electron chi connectivity index (χ1n) is 11.4. The minimum atomic E-state index is -3.65. The van der Waals surface area contributed by atoms with Crippen molar-refractivity contribution in [1.82, 2.24) is 14.5 Å². The van der Waals surface area contributed by atoms with Crippen molar-refractivity contribution in [3.63, 3.8) is 0 Å². The highest BCUT2D eigenvalue weighted by atomic mass is 32.2. The van der Waals surface area contributed by atoms with Crippen molar-refractivity contribution in [2.75, 3.05) is 45.1 Å². The van der Waals surface area contributed by atoms with E-state index in [-0.39, 0.29) is 29.2 Å². The Morgan fingerprint density at radius 3 is 2.12 bits per heavy atom. The van der Waals surface area contributed by atoms with Crippen LogP contribution in [0, 0.1) is 0 Å². The molecule has 0 radical (unpaired) electrons. The molecule has 1 aliphatic rings. The quantitative estimate of drug-likeness (QED) is 0.617. The fourth-order valence-electron chi connectivity index (χ4n) is 3.70. The summed E-state index contributed by atoms with van der Waals surface area (Å²) in [5, 5.41) is 2.83. The summed E-state index contributed by atoms with van der Waals surface area (Å²) in [7, 11) is -1.51. The smallest absolute Gasteiger partial charge is 0.240 e. The number of nitrogens with one attached hydrogen (secondary N) is 2. The summed E-state index contributed by atoms with van der Waals surface area (Å²) in [6.45, 7) is 11.5. The zero-order chi connectivity index (χ0) is 24.1. The van der Waals surface area contributed by atoms with E-state index in [0.717, 1.165) is 38.3 Å². The summed E-state index contributed by atoms with van der Waals surface area (Å²) in [4.78, 5) is 17.2. The number of anilines is 1. The lowest BCUT2D eigenvalue weighted by Crippen LogP contribution is -2.43. The fourth-order valence-corrected chi connectivity index (χ4v) is 4.73.